The summed E-state index contributed by atoms with van der Waals surface area (Å²) in [4.78, 5) is 11.8. The first-order chi connectivity index (χ1) is 10.4. The van der Waals surface area contributed by atoms with E-state index in [1.165, 1.54) is 18.2 Å². The van der Waals surface area contributed by atoms with Crippen molar-refractivity contribution in [3.8, 4) is 0 Å². The van der Waals surface area contributed by atoms with Gasteiger partial charge >= 0.3 is 6.18 Å². The second-order valence-electron chi connectivity index (χ2n) is 5.75. The highest BCUT2D eigenvalue weighted by atomic mass is 19.4. The molecule has 22 heavy (non-hydrogen) atoms. The Hall–Kier alpha value is -1.56. The molecule has 0 bridgehead atoms. The van der Waals surface area contributed by atoms with Gasteiger partial charge in [-0.15, -0.1) is 0 Å². The van der Waals surface area contributed by atoms with Crippen LogP contribution in [-0.4, -0.2) is 23.7 Å². The highest BCUT2D eigenvalue weighted by molar-refractivity contribution is 5.79. The Morgan fingerprint density at radius 3 is 2.55 bits per heavy atom. The number of alkyl halides is 3. The lowest BCUT2D eigenvalue weighted by atomic mass is 10.0. The minimum atomic E-state index is -4.47. The van der Waals surface area contributed by atoms with E-state index in [-0.39, 0.29) is 24.4 Å². The molecule has 0 radical (unpaired) electrons. The molecule has 122 valence electrons. The first kappa shape index (κ1) is 16.8. The van der Waals surface area contributed by atoms with E-state index in [2.05, 4.69) is 5.32 Å². The Morgan fingerprint density at radius 2 is 1.91 bits per heavy atom. The van der Waals surface area contributed by atoms with Crippen molar-refractivity contribution in [2.75, 3.05) is 6.54 Å². The molecular weight excluding hydrogens is 295 g/mol. The molecule has 1 amide bonds. The summed E-state index contributed by atoms with van der Waals surface area (Å²) >= 11 is 0. The highest BCUT2D eigenvalue weighted by Gasteiger charge is 2.33. The lowest BCUT2D eigenvalue weighted by molar-refractivity contribution is -0.138. The Bertz CT molecular complexity index is 510. The molecule has 2 rings (SSSR count). The van der Waals surface area contributed by atoms with Crippen LogP contribution in [0, 0.1) is 5.92 Å². The van der Waals surface area contributed by atoms with E-state index in [0.29, 0.717) is 0 Å². The smallest absolute Gasteiger partial charge is 0.391 e. The average molecular weight is 315 g/mol. The van der Waals surface area contributed by atoms with Crippen LogP contribution in [0.3, 0.4) is 0 Å². The summed E-state index contributed by atoms with van der Waals surface area (Å²) in [6.07, 6.45) is -1.40. The number of benzene rings is 1. The fourth-order valence-corrected chi connectivity index (χ4v) is 2.91. The van der Waals surface area contributed by atoms with E-state index in [9.17, 15) is 23.1 Å². The van der Waals surface area contributed by atoms with Gasteiger partial charge in [-0.2, -0.15) is 13.2 Å². The SMILES string of the molecule is O=C(Cc1ccccc1C(F)(F)F)NCC(O)C1CCCC1. The van der Waals surface area contributed by atoms with Gasteiger partial charge in [0.2, 0.25) is 5.91 Å². The van der Waals surface area contributed by atoms with Crippen LogP contribution in [0.2, 0.25) is 0 Å². The third kappa shape index (κ3) is 4.47. The molecular formula is C16H20F3NO2. The van der Waals surface area contributed by atoms with E-state index < -0.39 is 23.8 Å². The number of halogens is 3. The number of aliphatic hydroxyl groups excluding tert-OH is 1. The molecule has 6 heteroatoms. The zero-order valence-corrected chi connectivity index (χ0v) is 12.2. The van der Waals surface area contributed by atoms with Crippen molar-refractivity contribution in [1.29, 1.82) is 0 Å². The van der Waals surface area contributed by atoms with Crippen LogP contribution in [-0.2, 0) is 17.4 Å². The predicted octanol–water partition coefficient (Wildman–Crippen LogP) is 2.92. The largest absolute Gasteiger partial charge is 0.416 e. The lowest BCUT2D eigenvalue weighted by Crippen LogP contribution is -2.36. The molecule has 0 aliphatic heterocycles. The minimum Gasteiger partial charge on any atom is -0.391 e. The summed E-state index contributed by atoms with van der Waals surface area (Å²) in [6, 6.07) is 5.05. The van der Waals surface area contributed by atoms with Gasteiger partial charge < -0.3 is 10.4 Å². The molecule has 1 aromatic carbocycles. The number of rotatable bonds is 5. The van der Waals surface area contributed by atoms with Gasteiger partial charge in [0.25, 0.3) is 0 Å². The molecule has 1 atom stereocenters. The first-order valence-corrected chi connectivity index (χ1v) is 7.48. The summed E-state index contributed by atoms with van der Waals surface area (Å²) in [5, 5.41) is 12.5. The van der Waals surface area contributed by atoms with Crippen LogP contribution in [0.4, 0.5) is 13.2 Å². The van der Waals surface area contributed by atoms with Gasteiger partial charge in [0.15, 0.2) is 0 Å². The van der Waals surface area contributed by atoms with Crippen LogP contribution in [0.5, 0.6) is 0 Å². The van der Waals surface area contributed by atoms with Crippen LogP contribution in [0.1, 0.15) is 36.8 Å². The number of aliphatic hydroxyl groups is 1. The van der Waals surface area contributed by atoms with Gasteiger partial charge in [0.1, 0.15) is 0 Å². The fraction of sp³-hybridized carbons (Fsp3) is 0.562. The van der Waals surface area contributed by atoms with E-state index in [1.807, 2.05) is 0 Å². The lowest BCUT2D eigenvalue weighted by Gasteiger charge is -2.18. The van der Waals surface area contributed by atoms with Crippen molar-refractivity contribution in [3.05, 3.63) is 35.4 Å². The van der Waals surface area contributed by atoms with Crippen LogP contribution in [0.15, 0.2) is 24.3 Å². The Labute approximate surface area is 127 Å². The number of nitrogens with one attached hydrogen (secondary N) is 1. The average Bonchev–Trinajstić information content (AvgIpc) is 2.98. The van der Waals surface area contributed by atoms with E-state index >= 15 is 0 Å². The maximum Gasteiger partial charge on any atom is 0.416 e. The molecule has 0 spiro atoms. The molecule has 1 unspecified atom stereocenters. The second-order valence-corrected chi connectivity index (χ2v) is 5.75. The number of amides is 1. The number of carbonyl (C=O) groups is 1. The van der Waals surface area contributed by atoms with Crippen molar-refractivity contribution in [2.24, 2.45) is 5.92 Å². The standard InChI is InChI=1S/C16H20F3NO2/c17-16(18,19)13-8-4-3-7-12(13)9-15(22)20-10-14(21)11-5-1-2-6-11/h3-4,7-8,11,14,21H,1-2,5-6,9-10H2,(H,20,22). The van der Waals surface area contributed by atoms with Gasteiger partial charge in [0, 0.05) is 6.54 Å². The van der Waals surface area contributed by atoms with Crippen LogP contribution >= 0.6 is 0 Å². The monoisotopic (exact) mass is 315 g/mol. The molecule has 3 nitrogen and oxygen atoms in total. The molecule has 1 fully saturated rings. The molecule has 1 aliphatic rings. The molecule has 0 heterocycles. The molecule has 0 aromatic heterocycles. The summed E-state index contributed by atoms with van der Waals surface area (Å²) in [7, 11) is 0. The Balaban J connectivity index is 1.89. The van der Waals surface area contributed by atoms with Crippen LogP contribution in [0.25, 0.3) is 0 Å². The summed E-state index contributed by atoms with van der Waals surface area (Å²) < 4.78 is 38.5. The number of carbonyl (C=O) groups excluding carboxylic acids is 1. The van der Waals surface area contributed by atoms with Crippen molar-refractivity contribution < 1.29 is 23.1 Å². The fourth-order valence-electron chi connectivity index (χ4n) is 2.91. The van der Waals surface area contributed by atoms with Crippen molar-refractivity contribution in [2.45, 2.75) is 44.4 Å². The second kappa shape index (κ2) is 7.13. The molecule has 2 N–H and O–H groups in total. The van der Waals surface area contributed by atoms with E-state index in [1.54, 1.807) is 0 Å². The summed E-state index contributed by atoms with van der Waals surface area (Å²) in [5.41, 5.74) is -0.843. The van der Waals surface area contributed by atoms with E-state index in [4.69, 9.17) is 0 Å². The normalized spacial score (nSPS) is 17.5. The predicted molar refractivity (Wildman–Crippen MR) is 76.1 cm³/mol. The first-order valence-electron chi connectivity index (χ1n) is 7.48. The minimum absolute atomic E-state index is 0.0529. The maximum atomic E-state index is 12.8. The summed E-state index contributed by atoms with van der Waals surface area (Å²) in [6.45, 7) is 0.0949. The Kier molecular flexibility index (Phi) is 5.45. The van der Waals surface area contributed by atoms with Crippen molar-refractivity contribution in [1.82, 2.24) is 5.32 Å². The zero-order chi connectivity index (χ0) is 16.2. The van der Waals surface area contributed by atoms with E-state index in [0.717, 1.165) is 31.7 Å². The van der Waals surface area contributed by atoms with Gasteiger partial charge in [0.05, 0.1) is 18.1 Å². The third-order valence-electron chi connectivity index (χ3n) is 4.13. The molecule has 1 aliphatic carbocycles. The van der Waals surface area contributed by atoms with Gasteiger partial charge in [-0.3, -0.25) is 4.79 Å². The molecule has 1 aromatic rings. The third-order valence-corrected chi connectivity index (χ3v) is 4.13. The summed E-state index contributed by atoms with van der Waals surface area (Å²) in [5.74, 6) is -0.323. The molecule has 1 saturated carbocycles. The van der Waals surface area contributed by atoms with Crippen LogP contribution < -0.4 is 5.32 Å². The molecule has 0 saturated heterocycles. The van der Waals surface area contributed by atoms with Gasteiger partial charge in [-0.1, -0.05) is 31.0 Å². The number of hydrogen-bond acceptors (Lipinski definition) is 2. The van der Waals surface area contributed by atoms with Gasteiger partial charge in [-0.25, -0.2) is 0 Å². The zero-order valence-electron chi connectivity index (χ0n) is 12.2. The highest BCUT2D eigenvalue weighted by Crippen LogP contribution is 2.32. The van der Waals surface area contributed by atoms with Crippen molar-refractivity contribution in [3.63, 3.8) is 0 Å². The Morgan fingerprint density at radius 1 is 1.27 bits per heavy atom. The quantitative estimate of drug-likeness (QED) is 0.878. The maximum absolute atomic E-state index is 12.8. The van der Waals surface area contributed by atoms with Gasteiger partial charge in [-0.05, 0) is 30.4 Å². The topological polar surface area (TPSA) is 49.3 Å². The van der Waals surface area contributed by atoms with Crippen molar-refractivity contribution >= 4 is 5.91 Å². The number of hydrogen-bond donors (Lipinski definition) is 2.